The molecule has 6 heteroatoms. The molecule has 100 valence electrons. The molecule has 2 aromatic carbocycles. The molecule has 2 aromatic rings. The van der Waals surface area contributed by atoms with Crippen molar-refractivity contribution >= 4 is 26.0 Å². The molecule has 19 heavy (non-hydrogen) atoms. The minimum atomic E-state index is -3.69. The van der Waals surface area contributed by atoms with Gasteiger partial charge in [0.05, 0.1) is 4.90 Å². The summed E-state index contributed by atoms with van der Waals surface area (Å²) in [6.07, 6.45) is 0. The van der Waals surface area contributed by atoms with Crippen molar-refractivity contribution < 1.29 is 12.8 Å². The number of rotatable bonds is 4. The first-order valence-electron chi connectivity index (χ1n) is 5.47. The standard InChI is InChI=1S/C13H11BrFNO2S/c14-11-6-4-10(5-7-11)9-16-19(17,18)13-3-1-2-12(15)8-13/h1-8,16H,9H2. The average molecular weight is 344 g/mol. The molecule has 0 saturated heterocycles. The first-order chi connectivity index (χ1) is 8.97. The van der Waals surface area contributed by atoms with Crippen molar-refractivity contribution in [1.82, 2.24) is 4.72 Å². The largest absolute Gasteiger partial charge is 0.240 e. The molecular weight excluding hydrogens is 333 g/mol. The van der Waals surface area contributed by atoms with Crippen LogP contribution in [0.4, 0.5) is 4.39 Å². The van der Waals surface area contributed by atoms with Crippen LogP contribution in [0.2, 0.25) is 0 Å². The lowest BCUT2D eigenvalue weighted by atomic mass is 10.2. The van der Waals surface area contributed by atoms with Crippen molar-refractivity contribution in [2.24, 2.45) is 0 Å². The molecule has 0 spiro atoms. The fourth-order valence-corrected chi connectivity index (χ4v) is 2.81. The van der Waals surface area contributed by atoms with E-state index >= 15 is 0 Å². The van der Waals surface area contributed by atoms with Crippen LogP contribution < -0.4 is 4.72 Å². The van der Waals surface area contributed by atoms with Crippen LogP contribution in [0, 0.1) is 5.82 Å². The summed E-state index contributed by atoms with van der Waals surface area (Å²) in [7, 11) is -3.69. The van der Waals surface area contributed by atoms with Crippen LogP contribution in [0.5, 0.6) is 0 Å². The van der Waals surface area contributed by atoms with Crippen LogP contribution in [0.1, 0.15) is 5.56 Å². The molecule has 0 unspecified atom stereocenters. The van der Waals surface area contributed by atoms with E-state index in [2.05, 4.69) is 20.7 Å². The maximum Gasteiger partial charge on any atom is 0.240 e. The lowest BCUT2D eigenvalue weighted by Crippen LogP contribution is -2.23. The van der Waals surface area contributed by atoms with E-state index in [0.717, 1.165) is 16.1 Å². The third-order valence-corrected chi connectivity index (χ3v) is 4.41. The summed E-state index contributed by atoms with van der Waals surface area (Å²) in [6, 6.07) is 12.2. The number of benzene rings is 2. The molecule has 0 amide bonds. The zero-order valence-electron chi connectivity index (χ0n) is 9.81. The molecule has 0 saturated carbocycles. The van der Waals surface area contributed by atoms with Gasteiger partial charge in [-0.1, -0.05) is 34.1 Å². The fraction of sp³-hybridized carbons (Fsp3) is 0.0769. The summed E-state index contributed by atoms with van der Waals surface area (Å²) in [5.74, 6) is -0.577. The molecule has 0 aliphatic carbocycles. The molecule has 1 N–H and O–H groups in total. The van der Waals surface area contributed by atoms with Gasteiger partial charge in [0.2, 0.25) is 10.0 Å². The van der Waals surface area contributed by atoms with Crippen molar-refractivity contribution in [3.8, 4) is 0 Å². The van der Waals surface area contributed by atoms with Crippen LogP contribution in [-0.2, 0) is 16.6 Å². The first kappa shape index (κ1) is 14.2. The number of sulfonamides is 1. The molecule has 0 heterocycles. The lowest BCUT2D eigenvalue weighted by molar-refractivity contribution is 0.577. The zero-order valence-corrected chi connectivity index (χ0v) is 12.2. The van der Waals surface area contributed by atoms with Crippen molar-refractivity contribution in [2.45, 2.75) is 11.4 Å². The summed E-state index contributed by atoms with van der Waals surface area (Å²) in [4.78, 5) is -0.0791. The van der Waals surface area contributed by atoms with Gasteiger partial charge >= 0.3 is 0 Å². The monoisotopic (exact) mass is 343 g/mol. The van der Waals surface area contributed by atoms with E-state index in [0.29, 0.717) is 0 Å². The SMILES string of the molecule is O=S(=O)(NCc1ccc(Br)cc1)c1cccc(F)c1. The van der Waals surface area contributed by atoms with E-state index < -0.39 is 15.8 Å². The second-order valence-electron chi connectivity index (χ2n) is 3.91. The Morgan fingerprint density at radius 1 is 1.11 bits per heavy atom. The van der Waals surface area contributed by atoms with Gasteiger partial charge in [0, 0.05) is 11.0 Å². The summed E-state index contributed by atoms with van der Waals surface area (Å²) in [5, 5.41) is 0. The van der Waals surface area contributed by atoms with Crippen molar-refractivity contribution in [2.75, 3.05) is 0 Å². The maximum atomic E-state index is 13.0. The topological polar surface area (TPSA) is 46.2 Å². The van der Waals surface area contributed by atoms with E-state index in [4.69, 9.17) is 0 Å². The van der Waals surface area contributed by atoms with Gasteiger partial charge in [0.25, 0.3) is 0 Å². The normalized spacial score (nSPS) is 11.5. The van der Waals surface area contributed by atoms with Crippen LogP contribution in [0.25, 0.3) is 0 Å². The van der Waals surface area contributed by atoms with E-state index in [9.17, 15) is 12.8 Å². The van der Waals surface area contributed by atoms with Crippen LogP contribution in [0.15, 0.2) is 57.9 Å². The molecule has 3 nitrogen and oxygen atoms in total. The molecule has 0 atom stereocenters. The fourth-order valence-electron chi connectivity index (χ4n) is 1.50. The average Bonchev–Trinajstić information content (AvgIpc) is 2.38. The molecule has 0 bridgehead atoms. The van der Waals surface area contributed by atoms with Gasteiger partial charge in [-0.25, -0.2) is 17.5 Å². The van der Waals surface area contributed by atoms with E-state index in [1.54, 1.807) is 12.1 Å². The number of hydrogen-bond acceptors (Lipinski definition) is 2. The highest BCUT2D eigenvalue weighted by atomic mass is 79.9. The summed E-state index contributed by atoms with van der Waals surface area (Å²) in [6.45, 7) is 0.159. The van der Waals surface area contributed by atoms with Gasteiger partial charge in [0.15, 0.2) is 0 Å². The molecular formula is C13H11BrFNO2S. The Morgan fingerprint density at radius 3 is 2.42 bits per heavy atom. The molecule has 0 aromatic heterocycles. The van der Waals surface area contributed by atoms with Crippen LogP contribution in [0.3, 0.4) is 0 Å². The first-order valence-corrected chi connectivity index (χ1v) is 7.75. The molecule has 0 fully saturated rings. The summed E-state index contributed by atoms with van der Waals surface area (Å²) >= 11 is 3.30. The highest BCUT2D eigenvalue weighted by Crippen LogP contribution is 2.13. The zero-order chi connectivity index (χ0) is 13.9. The quantitative estimate of drug-likeness (QED) is 0.927. The van der Waals surface area contributed by atoms with E-state index in [-0.39, 0.29) is 11.4 Å². The minimum absolute atomic E-state index is 0.0791. The number of hydrogen-bond donors (Lipinski definition) is 1. The van der Waals surface area contributed by atoms with Crippen molar-refractivity contribution in [3.63, 3.8) is 0 Å². The second-order valence-corrected chi connectivity index (χ2v) is 6.59. The van der Waals surface area contributed by atoms with Gasteiger partial charge in [-0.05, 0) is 35.9 Å². The van der Waals surface area contributed by atoms with E-state index in [1.165, 1.54) is 18.2 Å². The Balaban J connectivity index is 2.12. The third-order valence-electron chi connectivity index (χ3n) is 2.49. The van der Waals surface area contributed by atoms with E-state index in [1.807, 2.05) is 12.1 Å². The Hall–Kier alpha value is -1.24. The van der Waals surface area contributed by atoms with Crippen LogP contribution in [-0.4, -0.2) is 8.42 Å². The molecule has 0 aliphatic rings. The highest BCUT2D eigenvalue weighted by Gasteiger charge is 2.13. The Bertz CT molecular complexity index is 671. The predicted molar refractivity (Wildman–Crippen MR) is 74.6 cm³/mol. The highest BCUT2D eigenvalue weighted by molar-refractivity contribution is 9.10. The van der Waals surface area contributed by atoms with Gasteiger partial charge in [-0.15, -0.1) is 0 Å². The minimum Gasteiger partial charge on any atom is -0.207 e. The van der Waals surface area contributed by atoms with Crippen molar-refractivity contribution in [3.05, 3.63) is 64.4 Å². The molecule has 0 aliphatic heterocycles. The second kappa shape index (κ2) is 5.81. The Kier molecular flexibility index (Phi) is 4.34. The molecule has 0 radical (unpaired) electrons. The van der Waals surface area contributed by atoms with Gasteiger partial charge in [-0.3, -0.25) is 0 Å². The lowest BCUT2D eigenvalue weighted by Gasteiger charge is -2.07. The Morgan fingerprint density at radius 2 is 1.79 bits per heavy atom. The maximum absolute atomic E-state index is 13.0. The Labute approximate surface area is 119 Å². The number of halogens is 2. The molecule has 2 rings (SSSR count). The van der Waals surface area contributed by atoms with Gasteiger partial charge in [-0.2, -0.15) is 0 Å². The van der Waals surface area contributed by atoms with Crippen molar-refractivity contribution in [1.29, 1.82) is 0 Å². The van der Waals surface area contributed by atoms with Gasteiger partial charge < -0.3 is 0 Å². The predicted octanol–water partition coefficient (Wildman–Crippen LogP) is 3.07. The van der Waals surface area contributed by atoms with Gasteiger partial charge in [0.1, 0.15) is 5.82 Å². The number of nitrogens with one attached hydrogen (secondary N) is 1. The van der Waals surface area contributed by atoms with Crippen LogP contribution >= 0.6 is 15.9 Å². The third kappa shape index (κ3) is 3.86. The summed E-state index contributed by atoms with van der Waals surface area (Å²) in [5.41, 5.74) is 0.822. The summed E-state index contributed by atoms with van der Waals surface area (Å²) < 4.78 is 40.2. The smallest absolute Gasteiger partial charge is 0.207 e.